The number of nitrogens with one attached hydrogen (secondary N) is 1. The molecule has 130 valence electrons. The molecule has 0 aliphatic carbocycles. The Kier molecular flexibility index (Phi) is 5.99. The van der Waals surface area contributed by atoms with Crippen molar-refractivity contribution in [2.24, 2.45) is 5.92 Å². The molecular formula is C17H25N5OS. The van der Waals surface area contributed by atoms with Crippen molar-refractivity contribution in [3.63, 3.8) is 0 Å². The number of benzene rings is 1. The van der Waals surface area contributed by atoms with Crippen molar-refractivity contribution in [2.75, 3.05) is 11.1 Å². The van der Waals surface area contributed by atoms with E-state index in [1.807, 2.05) is 24.3 Å². The summed E-state index contributed by atoms with van der Waals surface area (Å²) >= 11 is 1.35. The molecule has 0 radical (unpaired) electrons. The Morgan fingerprint density at radius 1 is 1.29 bits per heavy atom. The lowest BCUT2D eigenvalue weighted by atomic mass is 9.86. The fourth-order valence-electron chi connectivity index (χ4n) is 2.32. The number of aromatic nitrogens is 4. The summed E-state index contributed by atoms with van der Waals surface area (Å²) in [7, 11) is 0. The number of amides is 1. The largest absolute Gasteiger partial charge is 0.325 e. The zero-order valence-electron chi connectivity index (χ0n) is 14.9. The minimum Gasteiger partial charge on any atom is -0.325 e. The summed E-state index contributed by atoms with van der Waals surface area (Å²) < 4.78 is 1.74. The molecule has 7 heteroatoms. The highest BCUT2D eigenvalue weighted by Crippen LogP contribution is 2.29. The van der Waals surface area contributed by atoms with Crippen LogP contribution in [0.3, 0.4) is 0 Å². The summed E-state index contributed by atoms with van der Waals surface area (Å²) in [6, 6.07) is 7.91. The fraction of sp³-hybridized carbons (Fsp3) is 0.529. The van der Waals surface area contributed by atoms with E-state index in [0.29, 0.717) is 11.1 Å². The molecule has 2 rings (SSSR count). The zero-order valence-corrected chi connectivity index (χ0v) is 15.7. The summed E-state index contributed by atoms with van der Waals surface area (Å²) in [5.41, 5.74) is 1.95. The molecule has 0 saturated carbocycles. The Labute approximate surface area is 147 Å². The SMILES string of the molecule is CC(C)Cn1nnnc1SCC(=O)Nc1ccccc1C(C)(C)C. The van der Waals surface area contributed by atoms with Crippen molar-refractivity contribution in [3.8, 4) is 0 Å². The van der Waals surface area contributed by atoms with Gasteiger partial charge in [-0.25, -0.2) is 4.68 Å². The smallest absolute Gasteiger partial charge is 0.234 e. The van der Waals surface area contributed by atoms with Crippen LogP contribution in [0.25, 0.3) is 0 Å². The molecule has 24 heavy (non-hydrogen) atoms. The zero-order chi connectivity index (χ0) is 17.7. The van der Waals surface area contributed by atoms with Crippen molar-refractivity contribution in [3.05, 3.63) is 29.8 Å². The van der Waals surface area contributed by atoms with E-state index in [9.17, 15) is 4.79 Å². The van der Waals surface area contributed by atoms with Gasteiger partial charge in [0.25, 0.3) is 0 Å². The van der Waals surface area contributed by atoms with Gasteiger partial charge < -0.3 is 5.32 Å². The number of anilines is 1. The van der Waals surface area contributed by atoms with E-state index in [4.69, 9.17) is 0 Å². The molecule has 1 N–H and O–H groups in total. The standard InChI is InChI=1S/C17H25N5OS/c1-12(2)10-22-16(19-20-21-22)24-11-15(23)18-14-9-7-6-8-13(14)17(3,4)5/h6-9,12H,10-11H2,1-5H3,(H,18,23). The van der Waals surface area contributed by atoms with Crippen molar-refractivity contribution < 1.29 is 4.79 Å². The van der Waals surface area contributed by atoms with Crippen molar-refractivity contribution in [1.29, 1.82) is 0 Å². The third-order valence-electron chi connectivity index (χ3n) is 3.38. The van der Waals surface area contributed by atoms with E-state index in [2.05, 4.69) is 55.5 Å². The number of thioether (sulfide) groups is 1. The van der Waals surface area contributed by atoms with Gasteiger partial charge >= 0.3 is 0 Å². The van der Waals surface area contributed by atoms with Gasteiger partial charge in [0, 0.05) is 12.2 Å². The third kappa shape index (κ3) is 5.06. The Balaban J connectivity index is 1.99. The van der Waals surface area contributed by atoms with Gasteiger partial charge in [-0.15, -0.1) is 5.10 Å². The number of para-hydroxylation sites is 1. The summed E-state index contributed by atoms with van der Waals surface area (Å²) in [6.07, 6.45) is 0. The highest BCUT2D eigenvalue weighted by atomic mass is 32.2. The molecule has 1 aromatic heterocycles. The van der Waals surface area contributed by atoms with E-state index in [0.717, 1.165) is 17.8 Å². The minimum atomic E-state index is -0.0594. The van der Waals surface area contributed by atoms with Crippen LogP contribution >= 0.6 is 11.8 Å². The van der Waals surface area contributed by atoms with Gasteiger partial charge in [0.15, 0.2) is 0 Å². The van der Waals surface area contributed by atoms with Gasteiger partial charge in [-0.2, -0.15) is 0 Å². The molecule has 1 aromatic carbocycles. The lowest BCUT2D eigenvalue weighted by Gasteiger charge is -2.22. The monoisotopic (exact) mass is 347 g/mol. The maximum Gasteiger partial charge on any atom is 0.234 e. The van der Waals surface area contributed by atoms with Crippen LogP contribution in [-0.2, 0) is 16.8 Å². The molecule has 0 spiro atoms. The summed E-state index contributed by atoms with van der Waals surface area (Å²) in [5, 5.41) is 15.3. The molecule has 0 aliphatic heterocycles. The number of hydrogen-bond donors (Lipinski definition) is 1. The first kappa shape index (κ1) is 18.4. The third-order valence-corrected chi connectivity index (χ3v) is 4.34. The summed E-state index contributed by atoms with van der Waals surface area (Å²) in [6.45, 7) is 11.3. The van der Waals surface area contributed by atoms with Crippen LogP contribution in [0.5, 0.6) is 0 Å². The van der Waals surface area contributed by atoms with E-state index in [-0.39, 0.29) is 17.1 Å². The Morgan fingerprint density at radius 3 is 2.67 bits per heavy atom. The van der Waals surface area contributed by atoms with Gasteiger partial charge in [-0.05, 0) is 33.4 Å². The number of tetrazole rings is 1. The number of hydrogen-bond acceptors (Lipinski definition) is 5. The quantitative estimate of drug-likeness (QED) is 0.811. The summed E-state index contributed by atoms with van der Waals surface area (Å²) in [4.78, 5) is 12.3. The second-order valence-corrected chi connectivity index (χ2v) is 8.11. The van der Waals surface area contributed by atoms with Crippen LogP contribution in [0.1, 0.15) is 40.2 Å². The van der Waals surface area contributed by atoms with Crippen LogP contribution in [0, 0.1) is 5.92 Å². The van der Waals surface area contributed by atoms with E-state index in [1.54, 1.807) is 4.68 Å². The Hall–Kier alpha value is -1.89. The molecule has 0 unspecified atom stereocenters. The maximum absolute atomic E-state index is 12.3. The van der Waals surface area contributed by atoms with Gasteiger partial charge in [0.2, 0.25) is 11.1 Å². The van der Waals surface area contributed by atoms with Crippen molar-refractivity contribution in [2.45, 2.75) is 51.7 Å². The molecule has 1 heterocycles. The molecule has 0 atom stereocenters. The molecule has 0 bridgehead atoms. The second kappa shape index (κ2) is 7.79. The number of rotatable bonds is 6. The molecular weight excluding hydrogens is 322 g/mol. The fourth-order valence-corrected chi connectivity index (χ4v) is 3.01. The van der Waals surface area contributed by atoms with Gasteiger partial charge in [-0.3, -0.25) is 4.79 Å². The van der Waals surface area contributed by atoms with Crippen LogP contribution in [-0.4, -0.2) is 31.9 Å². The average Bonchev–Trinajstić information content (AvgIpc) is 2.91. The summed E-state index contributed by atoms with van der Waals surface area (Å²) in [5.74, 6) is 0.660. The highest BCUT2D eigenvalue weighted by molar-refractivity contribution is 7.99. The number of nitrogens with zero attached hydrogens (tertiary/aromatic N) is 4. The highest BCUT2D eigenvalue weighted by Gasteiger charge is 2.19. The van der Waals surface area contributed by atoms with E-state index < -0.39 is 0 Å². The normalized spacial score (nSPS) is 11.8. The van der Waals surface area contributed by atoms with Crippen molar-refractivity contribution >= 4 is 23.4 Å². The predicted octanol–water partition coefficient (Wildman–Crippen LogP) is 3.36. The molecule has 1 amide bonds. The maximum atomic E-state index is 12.3. The van der Waals surface area contributed by atoms with Crippen LogP contribution < -0.4 is 5.32 Å². The second-order valence-electron chi connectivity index (χ2n) is 7.17. The average molecular weight is 347 g/mol. The molecule has 2 aromatic rings. The first-order chi connectivity index (χ1) is 11.3. The van der Waals surface area contributed by atoms with E-state index in [1.165, 1.54) is 11.8 Å². The van der Waals surface area contributed by atoms with Gasteiger partial charge in [0.1, 0.15) is 0 Å². The Morgan fingerprint density at radius 2 is 2.00 bits per heavy atom. The first-order valence-corrected chi connectivity index (χ1v) is 9.04. The van der Waals surface area contributed by atoms with Gasteiger partial charge in [-0.1, -0.05) is 64.6 Å². The lowest BCUT2D eigenvalue weighted by Crippen LogP contribution is -2.20. The number of carbonyl (C=O) groups excluding carboxylic acids is 1. The van der Waals surface area contributed by atoms with Crippen LogP contribution in [0.4, 0.5) is 5.69 Å². The van der Waals surface area contributed by atoms with Crippen LogP contribution in [0.15, 0.2) is 29.4 Å². The van der Waals surface area contributed by atoms with Crippen molar-refractivity contribution in [1.82, 2.24) is 20.2 Å². The van der Waals surface area contributed by atoms with Gasteiger partial charge in [0.05, 0.1) is 5.75 Å². The molecule has 6 nitrogen and oxygen atoms in total. The van der Waals surface area contributed by atoms with Crippen LogP contribution in [0.2, 0.25) is 0 Å². The first-order valence-electron chi connectivity index (χ1n) is 8.05. The topological polar surface area (TPSA) is 72.7 Å². The molecule has 0 saturated heterocycles. The number of carbonyl (C=O) groups is 1. The lowest BCUT2D eigenvalue weighted by molar-refractivity contribution is -0.113. The molecule has 0 aliphatic rings. The molecule has 0 fully saturated rings. The predicted molar refractivity (Wildman–Crippen MR) is 97.2 cm³/mol. The Bertz CT molecular complexity index is 690. The van der Waals surface area contributed by atoms with E-state index >= 15 is 0 Å². The minimum absolute atomic E-state index is 0.0294.